The minimum absolute atomic E-state index is 0.0622. The van der Waals surface area contributed by atoms with Gasteiger partial charge in [0.15, 0.2) is 0 Å². The zero-order valence-electron chi connectivity index (χ0n) is 11.4. The Kier molecular flexibility index (Phi) is 4.53. The van der Waals surface area contributed by atoms with Gasteiger partial charge in [-0.3, -0.25) is 4.79 Å². The van der Waals surface area contributed by atoms with E-state index in [-0.39, 0.29) is 11.5 Å². The van der Waals surface area contributed by atoms with Crippen molar-refractivity contribution < 1.29 is 9.21 Å². The van der Waals surface area contributed by atoms with Crippen LogP contribution in [0.15, 0.2) is 33.5 Å². The summed E-state index contributed by atoms with van der Waals surface area (Å²) in [4.78, 5) is 23.1. The fraction of sp³-hybridized carbons (Fsp3) is 0.333. The molecule has 0 spiro atoms. The van der Waals surface area contributed by atoms with Crippen LogP contribution in [0.25, 0.3) is 11.0 Å². The van der Waals surface area contributed by atoms with Crippen molar-refractivity contribution in [3.8, 4) is 0 Å². The van der Waals surface area contributed by atoms with E-state index in [0.29, 0.717) is 24.2 Å². The van der Waals surface area contributed by atoms with E-state index in [1.54, 1.807) is 12.1 Å². The van der Waals surface area contributed by atoms with Crippen LogP contribution in [-0.4, -0.2) is 12.5 Å². The molecule has 0 unspecified atom stereocenters. The third-order valence-corrected chi connectivity index (χ3v) is 3.09. The Bertz CT molecular complexity index is 676. The van der Waals surface area contributed by atoms with Crippen molar-refractivity contribution in [2.24, 2.45) is 5.73 Å². The molecule has 0 aliphatic heterocycles. The summed E-state index contributed by atoms with van der Waals surface area (Å²) in [5, 5.41) is 3.66. The van der Waals surface area contributed by atoms with Gasteiger partial charge in [-0.1, -0.05) is 0 Å². The quantitative estimate of drug-likeness (QED) is 0.646. The molecule has 5 nitrogen and oxygen atoms in total. The van der Waals surface area contributed by atoms with Crippen LogP contribution < -0.4 is 16.7 Å². The Labute approximate surface area is 116 Å². The van der Waals surface area contributed by atoms with Gasteiger partial charge in [0.05, 0.1) is 0 Å². The normalized spacial score (nSPS) is 10.7. The number of unbranched alkanes of at least 4 members (excludes halogenated alkanes) is 1. The van der Waals surface area contributed by atoms with Gasteiger partial charge in [-0.25, -0.2) is 4.79 Å². The van der Waals surface area contributed by atoms with Crippen LogP contribution in [0.5, 0.6) is 0 Å². The molecule has 0 aliphatic carbocycles. The fourth-order valence-corrected chi connectivity index (χ4v) is 2.06. The van der Waals surface area contributed by atoms with Gasteiger partial charge in [0.2, 0.25) is 5.91 Å². The maximum absolute atomic E-state index is 11.7. The molecule has 1 amide bonds. The second-order valence-corrected chi connectivity index (χ2v) is 4.75. The first-order valence-electron chi connectivity index (χ1n) is 6.64. The van der Waals surface area contributed by atoms with Crippen molar-refractivity contribution >= 4 is 22.6 Å². The second-order valence-electron chi connectivity index (χ2n) is 4.75. The zero-order valence-corrected chi connectivity index (χ0v) is 11.4. The number of carbonyl (C=O) groups is 1. The van der Waals surface area contributed by atoms with Crippen LogP contribution in [0.1, 0.15) is 24.8 Å². The van der Waals surface area contributed by atoms with Gasteiger partial charge in [-0.2, -0.15) is 0 Å². The molecule has 0 aliphatic rings. The average Bonchev–Trinajstić information content (AvgIpc) is 2.38. The first-order chi connectivity index (χ1) is 9.60. The average molecular weight is 274 g/mol. The Morgan fingerprint density at radius 1 is 1.30 bits per heavy atom. The largest absolute Gasteiger partial charge is 0.423 e. The van der Waals surface area contributed by atoms with E-state index in [9.17, 15) is 9.59 Å². The van der Waals surface area contributed by atoms with Gasteiger partial charge in [0, 0.05) is 29.6 Å². The minimum Gasteiger partial charge on any atom is -0.423 e. The van der Waals surface area contributed by atoms with E-state index in [1.165, 1.54) is 6.07 Å². The molecule has 0 saturated carbocycles. The predicted molar refractivity (Wildman–Crippen MR) is 78.8 cm³/mol. The Morgan fingerprint density at radius 2 is 2.10 bits per heavy atom. The lowest BCUT2D eigenvalue weighted by Crippen LogP contribution is -2.12. The van der Waals surface area contributed by atoms with Crippen LogP contribution in [-0.2, 0) is 4.79 Å². The van der Waals surface area contributed by atoms with E-state index in [1.807, 2.05) is 13.0 Å². The summed E-state index contributed by atoms with van der Waals surface area (Å²) in [6.07, 6.45) is 2.04. The molecule has 0 radical (unpaired) electrons. The highest BCUT2D eigenvalue weighted by Gasteiger charge is 2.06. The van der Waals surface area contributed by atoms with Gasteiger partial charge in [0.25, 0.3) is 0 Å². The lowest BCUT2D eigenvalue weighted by atomic mass is 10.1. The fourth-order valence-electron chi connectivity index (χ4n) is 2.06. The highest BCUT2D eigenvalue weighted by atomic mass is 16.4. The van der Waals surface area contributed by atoms with Crippen molar-refractivity contribution in [2.75, 3.05) is 11.9 Å². The lowest BCUT2D eigenvalue weighted by Gasteiger charge is -2.06. The molecule has 106 valence electrons. The number of nitrogens with one attached hydrogen (secondary N) is 1. The van der Waals surface area contributed by atoms with Gasteiger partial charge in [-0.15, -0.1) is 0 Å². The van der Waals surface area contributed by atoms with E-state index in [2.05, 4.69) is 5.32 Å². The number of nitrogens with two attached hydrogens (primary N) is 1. The Morgan fingerprint density at radius 3 is 2.85 bits per heavy atom. The monoisotopic (exact) mass is 274 g/mol. The number of hydrogen-bond acceptors (Lipinski definition) is 4. The maximum Gasteiger partial charge on any atom is 0.336 e. The molecule has 2 rings (SSSR count). The van der Waals surface area contributed by atoms with Crippen LogP contribution in [0.3, 0.4) is 0 Å². The number of benzene rings is 1. The number of rotatable bonds is 5. The van der Waals surface area contributed by atoms with E-state index in [4.69, 9.17) is 10.2 Å². The lowest BCUT2D eigenvalue weighted by molar-refractivity contribution is -0.116. The summed E-state index contributed by atoms with van der Waals surface area (Å²) in [6, 6.07) is 6.76. The summed E-state index contributed by atoms with van der Waals surface area (Å²) >= 11 is 0. The number of fused-ring (bicyclic) bond motifs is 1. The highest BCUT2D eigenvalue weighted by Crippen LogP contribution is 2.20. The van der Waals surface area contributed by atoms with Crippen LogP contribution in [0.4, 0.5) is 5.69 Å². The molecule has 2 aromatic rings. The summed E-state index contributed by atoms with van der Waals surface area (Å²) in [6.45, 7) is 2.44. The van der Waals surface area contributed by atoms with Gasteiger partial charge < -0.3 is 15.5 Å². The number of carbonyl (C=O) groups excluding carboxylic acids is 1. The molecule has 20 heavy (non-hydrogen) atoms. The van der Waals surface area contributed by atoms with Crippen molar-refractivity contribution in [3.05, 3.63) is 40.2 Å². The molecule has 0 saturated heterocycles. The van der Waals surface area contributed by atoms with E-state index in [0.717, 1.165) is 23.8 Å². The smallest absolute Gasteiger partial charge is 0.336 e. The first kappa shape index (κ1) is 14.3. The SMILES string of the molecule is Cc1cc(=O)oc2cc(NC(=O)CCCCN)ccc12. The third-order valence-electron chi connectivity index (χ3n) is 3.09. The van der Waals surface area contributed by atoms with E-state index < -0.39 is 0 Å². The van der Waals surface area contributed by atoms with Crippen molar-refractivity contribution in [1.29, 1.82) is 0 Å². The molecule has 0 atom stereocenters. The molecule has 5 heteroatoms. The van der Waals surface area contributed by atoms with Crippen LogP contribution in [0, 0.1) is 6.92 Å². The number of amides is 1. The molecule has 1 aromatic carbocycles. The standard InChI is InChI=1S/C15H18N2O3/c1-10-8-15(19)20-13-9-11(5-6-12(10)13)17-14(18)4-2-3-7-16/h5-6,8-9H,2-4,7,16H2,1H3,(H,17,18). The van der Waals surface area contributed by atoms with Crippen molar-refractivity contribution in [3.63, 3.8) is 0 Å². The number of aryl methyl sites for hydroxylation is 1. The van der Waals surface area contributed by atoms with Crippen molar-refractivity contribution in [1.82, 2.24) is 0 Å². The second kappa shape index (κ2) is 6.34. The van der Waals surface area contributed by atoms with Crippen LogP contribution >= 0.6 is 0 Å². The van der Waals surface area contributed by atoms with Crippen LogP contribution in [0.2, 0.25) is 0 Å². The van der Waals surface area contributed by atoms with E-state index >= 15 is 0 Å². The van der Waals surface area contributed by atoms with Gasteiger partial charge in [0.1, 0.15) is 5.58 Å². The Hall–Kier alpha value is -2.14. The summed E-state index contributed by atoms with van der Waals surface area (Å²) < 4.78 is 5.14. The summed E-state index contributed by atoms with van der Waals surface area (Å²) in [7, 11) is 0. The molecule has 0 bridgehead atoms. The highest BCUT2D eigenvalue weighted by molar-refractivity contribution is 5.93. The Balaban J connectivity index is 2.15. The number of hydrogen-bond donors (Lipinski definition) is 2. The van der Waals surface area contributed by atoms with Gasteiger partial charge >= 0.3 is 5.63 Å². The molecule has 1 aromatic heterocycles. The predicted octanol–water partition coefficient (Wildman–Crippen LogP) is 2.17. The topological polar surface area (TPSA) is 85.3 Å². The zero-order chi connectivity index (χ0) is 14.5. The van der Waals surface area contributed by atoms with Gasteiger partial charge in [-0.05, 0) is 44.0 Å². The first-order valence-corrected chi connectivity index (χ1v) is 6.64. The molecular weight excluding hydrogens is 256 g/mol. The summed E-state index contributed by atoms with van der Waals surface area (Å²) in [5.74, 6) is -0.0622. The number of anilines is 1. The van der Waals surface area contributed by atoms with Crippen molar-refractivity contribution in [2.45, 2.75) is 26.2 Å². The molecule has 3 N–H and O–H groups in total. The minimum atomic E-state index is -0.388. The molecule has 0 fully saturated rings. The molecular formula is C15H18N2O3. The summed E-state index contributed by atoms with van der Waals surface area (Å²) in [5.41, 5.74) is 6.96. The third kappa shape index (κ3) is 3.45. The molecule has 1 heterocycles. The maximum atomic E-state index is 11.7.